The van der Waals surface area contributed by atoms with Crippen LogP contribution in [0.4, 0.5) is 0 Å². The summed E-state index contributed by atoms with van der Waals surface area (Å²) in [7, 11) is 0. The van der Waals surface area contributed by atoms with E-state index in [2.05, 4.69) is 10.3 Å². The molecule has 1 aliphatic rings. The predicted octanol–water partition coefficient (Wildman–Crippen LogP) is 2.85. The SMILES string of the molecule is CCn1c(S[C@H](C)C(=O)NC2CC2)nc2sc(C)c(C)c2c1=O. The highest BCUT2D eigenvalue weighted by Gasteiger charge is 2.27. The van der Waals surface area contributed by atoms with Crippen LogP contribution in [0.2, 0.25) is 0 Å². The molecule has 0 unspecified atom stereocenters. The summed E-state index contributed by atoms with van der Waals surface area (Å²) in [4.78, 5) is 31.5. The van der Waals surface area contributed by atoms with Crippen LogP contribution in [0.15, 0.2) is 9.95 Å². The van der Waals surface area contributed by atoms with Gasteiger partial charge in [-0.05, 0) is 46.1 Å². The molecular weight excluding hydrogens is 330 g/mol. The highest BCUT2D eigenvalue weighted by atomic mass is 32.2. The van der Waals surface area contributed by atoms with Crippen molar-refractivity contribution in [3.05, 3.63) is 20.8 Å². The zero-order valence-electron chi connectivity index (χ0n) is 13.8. The van der Waals surface area contributed by atoms with Gasteiger partial charge in [0.25, 0.3) is 5.56 Å². The Hall–Kier alpha value is -1.34. The summed E-state index contributed by atoms with van der Waals surface area (Å²) in [5.41, 5.74) is 1.01. The minimum Gasteiger partial charge on any atom is -0.352 e. The van der Waals surface area contributed by atoms with Crippen LogP contribution in [-0.4, -0.2) is 26.8 Å². The summed E-state index contributed by atoms with van der Waals surface area (Å²) in [6.45, 7) is 8.33. The molecule has 0 aromatic carbocycles. The number of nitrogens with zero attached hydrogens (tertiary/aromatic N) is 2. The molecule has 1 saturated carbocycles. The maximum absolute atomic E-state index is 12.8. The van der Waals surface area contributed by atoms with Gasteiger partial charge in [0.15, 0.2) is 5.16 Å². The average molecular weight is 351 g/mol. The van der Waals surface area contributed by atoms with Gasteiger partial charge in [-0.1, -0.05) is 11.8 Å². The number of rotatable bonds is 5. The lowest BCUT2D eigenvalue weighted by atomic mass is 10.2. The molecule has 1 amide bonds. The molecule has 23 heavy (non-hydrogen) atoms. The first-order valence-electron chi connectivity index (χ1n) is 7.90. The molecule has 7 heteroatoms. The van der Waals surface area contributed by atoms with Crippen molar-refractivity contribution in [2.75, 3.05) is 0 Å². The molecule has 0 spiro atoms. The van der Waals surface area contributed by atoms with Crippen LogP contribution in [0, 0.1) is 13.8 Å². The standard InChI is InChI=1S/C16H21N3O2S2/c1-5-19-15(21)12-8(2)9(3)22-14(12)18-16(19)23-10(4)13(20)17-11-6-7-11/h10-11H,5-7H2,1-4H3,(H,17,20)/t10-/m1/s1. The number of aryl methyl sites for hydroxylation is 2. The van der Waals surface area contributed by atoms with Crippen LogP contribution in [0.1, 0.15) is 37.1 Å². The lowest BCUT2D eigenvalue weighted by Crippen LogP contribution is -2.33. The van der Waals surface area contributed by atoms with Gasteiger partial charge in [-0.15, -0.1) is 11.3 Å². The number of nitrogens with one attached hydrogen (secondary N) is 1. The Balaban J connectivity index is 1.96. The van der Waals surface area contributed by atoms with Crippen molar-refractivity contribution in [2.45, 2.75) is 63.5 Å². The van der Waals surface area contributed by atoms with E-state index in [-0.39, 0.29) is 16.7 Å². The van der Waals surface area contributed by atoms with Crippen LogP contribution >= 0.6 is 23.1 Å². The molecule has 3 rings (SSSR count). The Morgan fingerprint density at radius 1 is 1.48 bits per heavy atom. The number of thiophene rings is 1. The highest BCUT2D eigenvalue weighted by molar-refractivity contribution is 8.00. The molecule has 2 aromatic heterocycles. The van der Waals surface area contributed by atoms with E-state index in [0.29, 0.717) is 23.1 Å². The van der Waals surface area contributed by atoms with Gasteiger partial charge in [-0.2, -0.15) is 0 Å². The molecule has 1 N–H and O–H groups in total. The topological polar surface area (TPSA) is 64.0 Å². The maximum atomic E-state index is 12.8. The molecule has 0 saturated heterocycles. The Morgan fingerprint density at radius 3 is 2.78 bits per heavy atom. The number of hydrogen-bond acceptors (Lipinski definition) is 5. The van der Waals surface area contributed by atoms with Crippen LogP contribution in [-0.2, 0) is 11.3 Å². The first-order chi connectivity index (χ1) is 10.9. The summed E-state index contributed by atoms with van der Waals surface area (Å²) < 4.78 is 1.67. The van der Waals surface area contributed by atoms with E-state index in [9.17, 15) is 9.59 Å². The Kier molecular flexibility index (Phi) is 4.51. The second kappa shape index (κ2) is 6.28. The Morgan fingerprint density at radius 2 is 2.17 bits per heavy atom. The summed E-state index contributed by atoms with van der Waals surface area (Å²) in [5.74, 6) is 0.0213. The molecule has 1 atom stereocenters. The second-order valence-corrected chi connectivity index (χ2v) is 8.46. The van der Waals surface area contributed by atoms with Gasteiger partial charge in [-0.3, -0.25) is 14.2 Å². The molecule has 2 aromatic rings. The highest BCUT2D eigenvalue weighted by Crippen LogP contribution is 2.30. The number of hydrogen-bond donors (Lipinski definition) is 1. The fourth-order valence-electron chi connectivity index (χ4n) is 2.44. The van der Waals surface area contributed by atoms with Crippen molar-refractivity contribution >= 4 is 39.2 Å². The molecule has 0 bridgehead atoms. The van der Waals surface area contributed by atoms with Gasteiger partial charge < -0.3 is 5.32 Å². The van der Waals surface area contributed by atoms with E-state index in [0.717, 1.165) is 28.1 Å². The van der Waals surface area contributed by atoms with Crippen molar-refractivity contribution in [3.8, 4) is 0 Å². The first kappa shape index (κ1) is 16.5. The number of fused-ring (bicyclic) bond motifs is 1. The fraction of sp³-hybridized carbons (Fsp3) is 0.562. The zero-order valence-corrected chi connectivity index (χ0v) is 15.4. The zero-order chi connectivity index (χ0) is 16.7. The number of amides is 1. The molecule has 0 radical (unpaired) electrons. The van der Waals surface area contributed by atoms with E-state index < -0.39 is 0 Å². The molecular formula is C16H21N3O2S2. The minimum atomic E-state index is -0.264. The first-order valence-corrected chi connectivity index (χ1v) is 9.59. The third-order valence-electron chi connectivity index (χ3n) is 4.15. The van der Waals surface area contributed by atoms with E-state index >= 15 is 0 Å². The van der Waals surface area contributed by atoms with Gasteiger partial charge in [0.2, 0.25) is 5.91 Å². The van der Waals surface area contributed by atoms with Crippen molar-refractivity contribution in [1.29, 1.82) is 0 Å². The van der Waals surface area contributed by atoms with Gasteiger partial charge in [0, 0.05) is 17.5 Å². The normalized spacial score (nSPS) is 15.8. The quantitative estimate of drug-likeness (QED) is 0.664. The summed E-state index contributed by atoms with van der Waals surface area (Å²) in [6, 6.07) is 0.344. The maximum Gasteiger partial charge on any atom is 0.263 e. The van der Waals surface area contributed by atoms with Gasteiger partial charge in [-0.25, -0.2) is 4.98 Å². The lowest BCUT2D eigenvalue weighted by Gasteiger charge is -2.14. The van der Waals surface area contributed by atoms with E-state index in [4.69, 9.17) is 0 Å². The fourth-order valence-corrected chi connectivity index (χ4v) is 4.49. The number of thioether (sulfide) groups is 1. The predicted molar refractivity (Wildman–Crippen MR) is 95.5 cm³/mol. The summed E-state index contributed by atoms with van der Waals surface area (Å²) in [5, 5.41) is 4.09. The van der Waals surface area contributed by atoms with Crippen LogP contribution in [0.3, 0.4) is 0 Å². The van der Waals surface area contributed by atoms with Gasteiger partial charge >= 0.3 is 0 Å². The van der Waals surface area contributed by atoms with Crippen LogP contribution < -0.4 is 10.9 Å². The van der Waals surface area contributed by atoms with E-state index in [1.165, 1.54) is 11.8 Å². The monoisotopic (exact) mass is 351 g/mol. The summed E-state index contributed by atoms with van der Waals surface area (Å²) >= 11 is 2.91. The van der Waals surface area contributed by atoms with Crippen LogP contribution in [0.5, 0.6) is 0 Å². The van der Waals surface area contributed by atoms with E-state index in [1.54, 1.807) is 15.9 Å². The Bertz CT molecular complexity index is 821. The third-order valence-corrected chi connectivity index (χ3v) is 6.34. The molecule has 1 aliphatic carbocycles. The number of carbonyl (C=O) groups is 1. The lowest BCUT2D eigenvalue weighted by molar-refractivity contribution is -0.120. The van der Waals surface area contributed by atoms with Crippen LogP contribution in [0.25, 0.3) is 10.2 Å². The number of carbonyl (C=O) groups excluding carboxylic acids is 1. The van der Waals surface area contributed by atoms with Gasteiger partial charge in [0.05, 0.1) is 10.6 Å². The van der Waals surface area contributed by atoms with Crippen molar-refractivity contribution < 1.29 is 4.79 Å². The average Bonchev–Trinajstić information content (AvgIpc) is 3.25. The minimum absolute atomic E-state index is 0.00310. The summed E-state index contributed by atoms with van der Waals surface area (Å²) in [6.07, 6.45) is 2.14. The molecule has 2 heterocycles. The molecule has 124 valence electrons. The van der Waals surface area contributed by atoms with E-state index in [1.807, 2.05) is 27.7 Å². The molecule has 1 fully saturated rings. The van der Waals surface area contributed by atoms with Crippen molar-refractivity contribution in [3.63, 3.8) is 0 Å². The van der Waals surface area contributed by atoms with Crippen molar-refractivity contribution in [2.24, 2.45) is 0 Å². The van der Waals surface area contributed by atoms with Gasteiger partial charge in [0.1, 0.15) is 4.83 Å². The largest absolute Gasteiger partial charge is 0.352 e. The second-order valence-electron chi connectivity index (χ2n) is 5.95. The Labute approximate surface area is 143 Å². The molecule has 5 nitrogen and oxygen atoms in total. The number of aromatic nitrogens is 2. The third kappa shape index (κ3) is 3.17. The smallest absolute Gasteiger partial charge is 0.263 e. The van der Waals surface area contributed by atoms with Crippen molar-refractivity contribution in [1.82, 2.24) is 14.9 Å². The molecule has 0 aliphatic heterocycles.